The lowest BCUT2D eigenvalue weighted by Crippen LogP contribution is -2.67. The molecular weight excluding hydrogens is 800 g/mol. The maximum Gasteiger partial charge on any atom is 0.409 e. The molecule has 17 heteroatoms. The fourth-order valence-electron chi connectivity index (χ4n) is 8.16. The predicted octanol–water partition coefficient (Wildman–Crippen LogP) is 4.25. The van der Waals surface area contributed by atoms with E-state index in [0.29, 0.717) is 37.1 Å². The first kappa shape index (κ1) is 46.3. The van der Waals surface area contributed by atoms with Crippen LogP contribution in [0.2, 0.25) is 5.02 Å². The van der Waals surface area contributed by atoms with Crippen LogP contribution in [0.15, 0.2) is 48.1 Å². The number of unbranched alkanes of at least 4 members (excludes halogenated alkanes) is 2. The summed E-state index contributed by atoms with van der Waals surface area (Å²) in [5.41, 5.74) is -0.785. The lowest BCUT2D eigenvalue weighted by molar-refractivity contribution is -0.261. The van der Waals surface area contributed by atoms with Gasteiger partial charge in [0.05, 0.1) is 37.3 Å². The number of aliphatic hydroxyl groups is 1. The van der Waals surface area contributed by atoms with Gasteiger partial charge in [-0.3, -0.25) is 29.4 Å². The molecule has 4 heterocycles. The van der Waals surface area contributed by atoms with Crippen LogP contribution in [0.25, 0.3) is 0 Å². The molecule has 1 aromatic carbocycles. The zero-order chi connectivity index (χ0) is 44.1. The van der Waals surface area contributed by atoms with Crippen LogP contribution in [-0.4, -0.2) is 128 Å². The third-order valence-electron chi connectivity index (χ3n) is 12.1. The number of anilines is 1. The third kappa shape index (κ3) is 10.0. The van der Waals surface area contributed by atoms with E-state index in [9.17, 15) is 33.9 Å². The molecule has 60 heavy (non-hydrogen) atoms. The van der Waals surface area contributed by atoms with Crippen molar-refractivity contribution in [2.45, 2.75) is 109 Å². The van der Waals surface area contributed by atoms with Gasteiger partial charge in [-0.25, -0.2) is 9.59 Å². The molecule has 4 aliphatic heterocycles. The summed E-state index contributed by atoms with van der Waals surface area (Å²) in [7, 11) is 5.98. The second kappa shape index (κ2) is 19.3. The topological polar surface area (TPSA) is 191 Å². The number of hydrogen-bond acceptors (Lipinski definition) is 12. The van der Waals surface area contributed by atoms with Gasteiger partial charge < -0.3 is 38.6 Å². The summed E-state index contributed by atoms with van der Waals surface area (Å²) < 4.78 is 29.4. The van der Waals surface area contributed by atoms with Crippen molar-refractivity contribution >= 4 is 53.0 Å². The zero-order valence-corrected chi connectivity index (χ0v) is 36.3. The normalized spacial score (nSPS) is 28.9. The van der Waals surface area contributed by atoms with Crippen molar-refractivity contribution in [2.24, 2.45) is 11.3 Å². The number of likely N-dealkylation sites (N-methyl/N-ethyl adjacent to an activating group) is 1. The Hall–Kier alpha value is -4.77. The van der Waals surface area contributed by atoms with Crippen molar-refractivity contribution in [3.05, 3.63) is 58.7 Å². The largest absolute Gasteiger partial charge is 0.495 e. The fraction of sp³-hybridized carbons (Fsp3) is 0.581. The van der Waals surface area contributed by atoms with Crippen LogP contribution >= 0.6 is 11.6 Å². The summed E-state index contributed by atoms with van der Waals surface area (Å²) in [5, 5.41) is 14.6. The van der Waals surface area contributed by atoms with E-state index in [1.807, 2.05) is 19.9 Å². The number of rotatable bonds is 11. The van der Waals surface area contributed by atoms with Crippen molar-refractivity contribution in [1.29, 1.82) is 0 Å². The summed E-state index contributed by atoms with van der Waals surface area (Å²) in [6.07, 6.45) is 4.92. The van der Waals surface area contributed by atoms with Gasteiger partial charge in [0.25, 0.3) is 11.8 Å². The SMILES string of the molecule is COc1cc2cc(c1Cl)N(C)C(=O)CC(OC(=O)C(C)N(C)C(=O)CCCCCN1C(=O)C=CC1=O)C1(C)COC1C(C)C1CC(O)(NC(=O)O1)C(OC)C=CC=C(C)C2. The number of alkyl carbamates (subject to hydrolysis) is 1. The zero-order valence-electron chi connectivity index (χ0n) is 35.5. The molecule has 5 amide bonds. The Labute approximate surface area is 355 Å². The Morgan fingerprint density at radius 1 is 1.12 bits per heavy atom. The molecule has 0 saturated carbocycles. The van der Waals surface area contributed by atoms with Crippen molar-refractivity contribution in [3.63, 3.8) is 0 Å². The van der Waals surface area contributed by atoms with E-state index in [1.165, 1.54) is 43.2 Å². The van der Waals surface area contributed by atoms with Gasteiger partial charge >= 0.3 is 12.1 Å². The van der Waals surface area contributed by atoms with Gasteiger partial charge in [0.1, 0.15) is 35.1 Å². The molecule has 0 aliphatic carbocycles. The third-order valence-corrected chi connectivity index (χ3v) is 12.5. The molecule has 16 nitrogen and oxygen atoms in total. The van der Waals surface area contributed by atoms with Gasteiger partial charge in [-0.05, 0) is 50.8 Å². The molecule has 8 unspecified atom stereocenters. The molecule has 0 spiro atoms. The van der Waals surface area contributed by atoms with Gasteiger partial charge in [-0.15, -0.1) is 0 Å². The maximum atomic E-state index is 14.3. The van der Waals surface area contributed by atoms with Crippen LogP contribution in [0.5, 0.6) is 5.75 Å². The van der Waals surface area contributed by atoms with Crippen LogP contribution in [0.3, 0.4) is 0 Å². The molecule has 1 aromatic rings. The van der Waals surface area contributed by atoms with E-state index in [0.717, 1.165) is 16.0 Å². The number of halogens is 1. The average Bonchev–Trinajstić information content (AvgIpc) is 3.52. The van der Waals surface area contributed by atoms with E-state index in [1.54, 1.807) is 45.2 Å². The minimum Gasteiger partial charge on any atom is -0.495 e. The highest BCUT2D eigenvalue weighted by Gasteiger charge is 2.58. The molecule has 2 fully saturated rings. The Kier molecular flexibility index (Phi) is 14.9. The first-order chi connectivity index (χ1) is 28.3. The Morgan fingerprint density at radius 2 is 1.82 bits per heavy atom. The van der Waals surface area contributed by atoms with E-state index >= 15 is 0 Å². The number of carbonyl (C=O) groups is 6. The fourth-order valence-corrected chi connectivity index (χ4v) is 8.47. The van der Waals surface area contributed by atoms with E-state index in [2.05, 4.69) is 5.32 Å². The molecule has 4 aliphatic rings. The summed E-state index contributed by atoms with van der Waals surface area (Å²) in [6, 6.07) is 2.53. The van der Waals surface area contributed by atoms with Crippen LogP contribution in [0.4, 0.5) is 10.5 Å². The predicted molar refractivity (Wildman–Crippen MR) is 220 cm³/mol. The van der Waals surface area contributed by atoms with Crippen LogP contribution in [0.1, 0.15) is 71.8 Å². The quantitative estimate of drug-likeness (QED) is 0.183. The number of nitrogens with zero attached hydrogens (tertiary/aromatic N) is 3. The number of imide groups is 1. The molecule has 2 saturated heterocycles. The molecular formula is C43H57ClN4O12. The Bertz CT molecular complexity index is 1920. The van der Waals surface area contributed by atoms with Crippen LogP contribution in [0, 0.1) is 11.3 Å². The summed E-state index contributed by atoms with van der Waals surface area (Å²) >= 11 is 6.80. The number of methoxy groups -OCH3 is 2. The molecule has 2 N–H and O–H groups in total. The van der Waals surface area contributed by atoms with Gasteiger partial charge in [0.15, 0.2) is 5.72 Å². The highest BCUT2D eigenvalue weighted by molar-refractivity contribution is 6.35. The van der Waals surface area contributed by atoms with Crippen molar-refractivity contribution < 1.29 is 57.6 Å². The number of hydrogen-bond donors (Lipinski definition) is 2. The molecule has 5 rings (SSSR count). The average molecular weight is 857 g/mol. The highest BCUT2D eigenvalue weighted by Crippen LogP contribution is 2.47. The monoisotopic (exact) mass is 856 g/mol. The number of benzene rings is 1. The first-order valence-corrected chi connectivity index (χ1v) is 20.5. The molecule has 8 atom stereocenters. The highest BCUT2D eigenvalue weighted by atomic mass is 35.5. The first-order valence-electron chi connectivity index (χ1n) is 20.2. The minimum absolute atomic E-state index is 0.0758. The lowest BCUT2D eigenvalue weighted by Gasteiger charge is -2.55. The maximum absolute atomic E-state index is 14.3. The summed E-state index contributed by atoms with van der Waals surface area (Å²) in [5.74, 6) is -2.42. The standard InChI is InChI=1S/C43H57ClN4O12/c1-25-13-12-14-32(57-8)43(55)23-31(59-41(54)45-43)26(2)39-42(4,24-58-39)33(22-37(52)47(6)29-20-28(19-25)21-30(56-7)38(29)44)60-40(53)27(3)46(5)34(49)15-10-9-11-18-48-35(50)16-17-36(48)51/h12-14,16-17,20-21,26-27,31-33,39,55H,9-11,15,18-19,22-24H2,1-8H3,(H,45,54). The smallest absolute Gasteiger partial charge is 0.409 e. The summed E-state index contributed by atoms with van der Waals surface area (Å²) in [4.78, 5) is 82.1. The second-order valence-electron chi connectivity index (χ2n) is 16.4. The van der Waals surface area contributed by atoms with Gasteiger partial charge in [0, 0.05) is 58.7 Å². The lowest BCUT2D eigenvalue weighted by atomic mass is 9.67. The van der Waals surface area contributed by atoms with Crippen LogP contribution in [-0.2, 0) is 49.3 Å². The van der Waals surface area contributed by atoms with Crippen molar-refractivity contribution in [2.75, 3.05) is 46.4 Å². The van der Waals surface area contributed by atoms with E-state index in [-0.39, 0.29) is 55.2 Å². The number of esters is 1. The Morgan fingerprint density at radius 3 is 2.45 bits per heavy atom. The number of allylic oxidation sites excluding steroid dienone is 3. The number of amides is 5. The van der Waals surface area contributed by atoms with Gasteiger partial charge in [-0.2, -0.15) is 0 Å². The minimum atomic E-state index is -1.86. The van der Waals surface area contributed by atoms with Gasteiger partial charge in [-0.1, -0.05) is 55.7 Å². The number of nitrogens with one attached hydrogen (secondary N) is 1. The second-order valence-corrected chi connectivity index (χ2v) is 16.8. The van der Waals surface area contributed by atoms with Gasteiger partial charge in [0.2, 0.25) is 11.8 Å². The van der Waals surface area contributed by atoms with E-state index in [4.69, 9.17) is 35.3 Å². The van der Waals surface area contributed by atoms with Crippen molar-refractivity contribution in [3.8, 4) is 5.75 Å². The number of fused-ring (bicyclic) bond motifs is 5. The summed E-state index contributed by atoms with van der Waals surface area (Å²) in [6.45, 7) is 7.41. The molecule has 0 radical (unpaired) electrons. The molecule has 0 aromatic heterocycles. The van der Waals surface area contributed by atoms with Crippen molar-refractivity contribution in [1.82, 2.24) is 15.1 Å². The van der Waals surface area contributed by atoms with E-state index < -0.39 is 65.5 Å². The molecule has 4 bridgehead atoms. The number of ether oxygens (including phenoxy) is 5. The molecule has 328 valence electrons. The van der Waals surface area contributed by atoms with Crippen LogP contribution < -0.4 is 15.0 Å². The Balaban J connectivity index is 1.41. The number of carbonyl (C=O) groups excluding carboxylic acids is 6.